The van der Waals surface area contributed by atoms with E-state index in [2.05, 4.69) is 12.0 Å². The van der Waals surface area contributed by atoms with Crippen LogP contribution in [0.2, 0.25) is 0 Å². The third-order valence-electron chi connectivity index (χ3n) is 4.10. The quantitative estimate of drug-likeness (QED) is 0.866. The van der Waals surface area contributed by atoms with Crippen LogP contribution in [0.4, 0.5) is 5.69 Å². The third kappa shape index (κ3) is 3.35. The second-order valence-electron chi connectivity index (χ2n) is 5.81. The van der Waals surface area contributed by atoms with Crippen LogP contribution in [0.1, 0.15) is 35.3 Å². The van der Waals surface area contributed by atoms with Gasteiger partial charge in [0.1, 0.15) is 0 Å². The molecular weight excluding hydrogens is 316 g/mol. The summed E-state index contributed by atoms with van der Waals surface area (Å²) in [7, 11) is 0. The van der Waals surface area contributed by atoms with E-state index in [1.54, 1.807) is 19.1 Å². The van der Waals surface area contributed by atoms with Crippen LogP contribution in [-0.2, 0) is 11.2 Å². The highest BCUT2D eigenvalue weighted by Crippen LogP contribution is 2.25. The van der Waals surface area contributed by atoms with Crippen molar-refractivity contribution in [2.45, 2.75) is 20.3 Å². The lowest BCUT2D eigenvalue weighted by atomic mass is 10.0. The summed E-state index contributed by atoms with van der Waals surface area (Å²) in [5.41, 5.74) is 3.82. The van der Waals surface area contributed by atoms with Crippen LogP contribution in [-0.4, -0.2) is 22.7 Å². The topological polar surface area (TPSA) is 70.0 Å². The molecule has 0 fully saturated rings. The van der Waals surface area contributed by atoms with Crippen molar-refractivity contribution in [2.75, 3.05) is 5.01 Å². The van der Waals surface area contributed by atoms with Gasteiger partial charge in [0.2, 0.25) is 0 Å². The van der Waals surface area contributed by atoms with Crippen molar-refractivity contribution in [3.8, 4) is 0 Å². The highest BCUT2D eigenvalue weighted by atomic mass is 16.4. The van der Waals surface area contributed by atoms with E-state index in [9.17, 15) is 9.59 Å². The summed E-state index contributed by atoms with van der Waals surface area (Å²) in [6.07, 6.45) is 2.77. The Morgan fingerprint density at radius 2 is 1.92 bits per heavy atom. The first-order valence-electron chi connectivity index (χ1n) is 8.03. The molecule has 0 saturated carbocycles. The molecule has 0 bridgehead atoms. The number of aryl methyl sites for hydroxylation is 1. The van der Waals surface area contributed by atoms with Crippen molar-refractivity contribution in [3.63, 3.8) is 0 Å². The van der Waals surface area contributed by atoms with Gasteiger partial charge in [-0.05, 0) is 48.7 Å². The SMILES string of the molecule is CCc1ccc(/C=C2\C(=O)N(c3cccc(C(=O)O)c3)N=C2C)cc1. The molecule has 5 nitrogen and oxygen atoms in total. The Morgan fingerprint density at radius 1 is 1.20 bits per heavy atom. The Kier molecular flexibility index (Phi) is 4.48. The number of carboxylic acids is 1. The van der Waals surface area contributed by atoms with Crippen molar-refractivity contribution in [1.29, 1.82) is 0 Å². The van der Waals surface area contributed by atoms with E-state index in [0.29, 0.717) is 17.0 Å². The minimum atomic E-state index is -1.04. The summed E-state index contributed by atoms with van der Waals surface area (Å²) < 4.78 is 0. The molecule has 2 aromatic carbocycles. The Bertz CT molecular complexity index is 895. The zero-order valence-corrected chi connectivity index (χ0v) is 14.1. The maximum atomic E-state index is 12.7. The lowest BCUT2D eigenvalue weighted by Crippen LogP contribution is -2.21. The number of nitrogens with zero attached hydrogens (tertiary/aromatic N) is 2. The van der Waals surface area contributed by atoms with Gasteiger partial charge in [0.15, 0.2) is 0 Å². The van der Waals surface area contributed by atoms with Crippen LogP contribution in [0.3, 0.4) is 0 Å². The first-order chi connectivity index (χ1) is 12.0. The third-order valence-corrected chi connectivity index (χ3v) is 4.10. The standard InChI is InChI=1S/C20H18N2O3/c1-3-14-7-9-15(10-8-14)11-18-13(2)21-22(19(18)23)17-6-4-5-16(12-17)20(24)25/h4-12H,3H2,1-2H3,(H,24,25)/b18-11-. The molecule has 3 rings (SSSR count). The summed E-state index contributed by atoms with van der Waals surface area (Å²) in [5, 5.41) is 14.6. The van der Waals surface area contributed by atoms with E-state index in [1.807, 2.05) is 30.3 Å². The number of rotatable bonds is 4. The van der Waals surface area contributed by atoms with Crippen molar-refractivity contribution < 1.29 is 14.7 Å². The van der Waals surface area contributed by atoms with E-state index in [0.717, 1.165) is 12.0 Å². The second kappa shape index (κ2) is 6.73. The lowest BCUT2D eigenvalue weighted by molar-refractivity contribution is -0.114. The second-order valence-corrected chi connectivity index (χ2v) is 5.81. The molecule has 2 aromatic rings. The van der Waals surface area contributed by atoms with Crippen LogP contribution < -0.4 is 5.01 Å². The zero-order valence-electron chi connectivity index (χ0n) is 14.1. The van der Waals surface area contributed by atoms with Crippen molar-refractivity contribution in [3.05, 3.63) is 70.8 Å². The van der Waals surface area contributed by atoms with Gasteiger partial charge in [-0.2, -0.15) is 10.1 Å². The van der Waals surface area contributed by atoms with Crippen molar-refractivity contribution in [2.24, 2.45) is 5.10 Å². The zero-order chi connectivity index (χ0) is 18.0. The highest BCUT2D eigenvalue weighted by molar-refractivity contribution is 6.32. The molecule has 0 spiro atoms. The molecule has 0 unspecified atom stereocenters. The van der Waals surface area contributed by atoms with Gasteiger partial charge in [0.25, 0.3) is 5.91 Å². The summed E-state index contributed by atoms with van der Waals surface area (Å²) in [6, 6.07) is 14.2. The highest BCUT2D eigenvalue weighted by Gasteiger charge is 2.29. The van der Waals surface area contributed by atoms with Gasteiger partial charge >= 0.3 is 5.97 Å². The van der Waals surface area contributed by atoms with E-state index >= 15 is 0 Å². The summed E-state index contributed by atoms with van der Waals surface area (Å²) in [4.78, 5) is 23.8. The molecule has 1 amide bonds. The first-order valence-corrected chi connectivity index (χ1v) is 8.03. The number of benzene rings is 2. The summed E-state index contributed by atoms with van der Waals surface area (Å²) in [6.45, 7) is 3.86. The van der Waals surface area contributed by atoms with Crippen molar-refractivity contribution in [1.82, 2.24) is 0 Å². The van der Waals surface area contributed by atoms with Gasteiger partial charge in [-0.15, -0.1) is 0 Å². The van der Waals surface area contributed by atoms with E-state index in [4.69, 9.17) is 5.11 Å². The molecule has 0 atom stereocenters. The van der Waals surface area contributed by atoms with Gasteiger partial charge in [-0.1, -0.05) is 37.3 Å². The molecule has 0 aliphatic carbocycles. The molecular formula is C20H18N2O3. The van der Waals surface area contributed by atoms with Crippen LogP contribution in [0.15, 0.2) is 59.2 Å². The minimum Gasteiger partial charge on any atom is -0.478 e. The number of carboxylic acid groups (broad SMARTS) is 1. The molecule has 1 aliphatic rings. The predicted octanol–water partition coefficient (Wildman–Crippen LogP) is 3.75. The number of hydrazone groups is 1. The summed E-state index contributed by atoms with van der Waals surface area (Å²) in [5.74, 6) is -1.31. The molecule has 5 heteroatoms. The first kappa shape index (κ1) is 16.6. The van der Waals surface area contributed by atoms with E-state index in [1.165, 1.54) is 22.7 Å². The van der Waals surface area contributed by atoms with Gasteiger partial charge in [-0.25, -0.2) is 4.79 Å². The Labute approximate surface area is 145 Å². The average Bonchev–Trinajstić information content (AvgIpc) is 2.90. The Hall–Kier alpha value is -3.21. The molecule has 0 aromatic heterocycles. The fraction of sp³-hybridized carbons (Fsp3) is 0.150. The van der Waals surface area contributed by atoms with E-state index in [-0.39, 0.29) is 11.5 Å². The maximum Gasteiger partial charge on any atom is 0.335 e. The fourth-order valence-electron chi connectivity index (χ4n) is 2.65. The summed E-state index contributed by atoms with van der Waals surface area (Å²) >= 11 is 0. The van der Waals surface area contributed by atoms with Gasteiger partial charge in [0, 0.05) is 0 Å². The van der Waals surface area contributed by atoms with Gasteiger partial charge in [-0.3, -0.25) is 4.79 Å². The van der Waals surface area contributed by atoms with Crippen LogP contribution in [0.25, 0.3) is 6.08 Å². The van der Waals surface area contributed by atoms with Crippen LogP contribution in [0, 0.1) is 0 Å². The Balaban J connectivity index is 1.91. The molecule has 1 heterocycles. The number of aromatic carboxylic acids is 1. The number of carbonyl (C=O) groups excluding carboxylic acids is 1. The monoisotopic (exact) mass is 334 g/mol. The average molecular weight is 334 g/mol. The van der Waals surface area contributed by atoms with Gasteiger partial charge in [0.05, 0.1) is 22.5 Å². The Morgan fingerprint density at radius 3 is 2.56 bits per heavy atom. The smallest absolute Gasteiger partial charge is 0.335 e. The van der Waals surface area contributed by atoms with Gasteiger partial charge < -0.3 is 5.11 Å². The van der Waals surface area contributed by atoms with Crippen LogP contribution >= 0.6 is 0 Å². The molecule has 0 saturated heterocycles. The fourth-order valence-corrected chi connectivity index (χ4v) is 2.65. The molecule has 126 valence electrons. The van der Waals surface area contributed by atoms with Crippen molar-refractivity contribution >= 4 is 29.4 Å². The van der Waals surface area contributed by atoms with Crippen LogP contribution in [0.5, 0.6) is 0 Å². The molecule has 1 aliphatic heterocycles. The largest absolute Gasteiger partial charge is 0.478 e. The maximum absolute atomic E-state index is 12.7. The lowest BCUT2D eigenvalue weighted by Gasteiger charge is -2.12. The molecule has 0 radical (unpaired) electrons. The number of amides is 1. The molecule has 25 heavy (non-hydrogen) atoms. The van der Waals surface area contributed by atoms with E-state index < -0.39 is 5.97 Å². The number of hydrogen-bond acceptors (Lipinski definition) is 3. The number of anilines is 1. The number of carbonyl (C=O) groups is 2. The predicted molar refractivity (Wildman–Crippen MR) is 97.8 cm³/mol. The minimum absolute atomic E-state index is 0.116. The molecule has 1 N–H and O–H groups in total. The number of hydrogen-bond donors (Lipinski definition) is 1. The normalized spacial score (nSPS) is 15.6.